The van der Waals surface area contributed by atoms with Gasteiger partial charge in [-0.2, -0.15) is 0 Å². The molecule has 0 heterocycles. The summed E-state index contributed by atoms with van der Waals surface area (Å²) in [5, 5.41) is 22.6. The zero-order valence-corrected chi connectivity index (χ0v) is 22.3. The van der Waals surface area contributed by atoms with Crippen molar-refractivity contribution in [3.8, 4) is 11.5 Å². The van der Waals surface area contributed by atoms with Gasteiger partial charge in [-0.1, -0.05) is 72.8 Å². The van der Waals surface area contributed by atoms with Gasteiger partial charge in [-0.05, 0) is 54.1 Å². The number of hydroxylamine groups is 1. The van der Waals surface area contributed by atoms with Crippen molar-refractivity contribution in [1.29, 1.82) is 0 Å². The Balaban J connectivity index is 1.62. The van der Waals surface area contributed by atoms with Gasteiger partial charge in [0.15, 0.2) is 6.10 Å². The largest absolute Gasteiger partial charge is 0.491 e. The fourth-order valence-corrected chi connectivity index (χ4v) is 4.30. The zero-order chi connectivity index (χ0) is 28.9. The smallest absolute Gasteiger partial charge is 0.412 e. The first-order chi connectivity index (χ1) is 20.1. The first-order valence-electron chi connectivity index (χ1n) is 13.2. The third-order valence-corrected chi connectivity index (χ3v) is 6.19. The Bertz CT molecular complexity index is 1440. The normalized spacial score (nSPS) is 12.4. The van der Waals surface area contributed by atoms with Gasteiger partial charge < -0.3 is 19.3 Å². The average Bonchev–Trinajstić information content (AvgIpc) is 3.01. The van der Waals surface area contributed by atoms with Crippen LogP contribution in [0.2, 0.25) is 0 Å². The Morgan fingerprint density at radius 1 is 0.854 bits per heavy atom. The van der Waals surface area contributed by atoms with Crippen LogP contribution in [0.3, 0.4) is 0 Å². The highest BCUT2D eigenvalue weighted by Crippen LogP contribution is 2.31. The number of nitrogens with one attached hydrogen (secondary N) is 2. The van der Waals surface area contributed by atoms with Gasteiger partial charge in [0.2, 0.25) is 0 Å². The molecule has 0 aliphatic heterocycles. The van der Waals surface area contributed by atoms with Crippen molar-refractivity contribution in [2.45, 2.75) is 25.0 Å². The highest BCUT2D eigenvalue weighted by molar-refractivity contribution is 6.00. The lowest BCUT2D eigenvalue weighted by Crippen LogP contribution is -2.31. The number of anilines is 1. The molecule has 2 amide bonds. The second-order valence-electron chi connectivity index (χ2n) is 9.04. The topological polar surface area (TPSA) is 126 Å². The molecule has 4 N–H and O–H groups in total. The molecular weight excluding hydrogens is 524 g/mol. The molecule has 4 aromatic carbocycles. The van der Waals surface area contributed by atoms with Crippen molar-refractivity contribution in [2.75, 3.05) is 18.5 Å². The van der Waals surface area contributed by atoms with Gasteiger partial charge in [0.1, 0.15) is 24.2 Å². The lowest BCUT2D eigenvalue weighted by atomic mass is 10.00. The number of benzene rings is 4. The number of para-hydroxylation sites is 1. The first kappa shape index (κ1) is 29.1. The number of ether oxygens (including phenoxy) is 3. The molecule has 0 spiro atoms. The van der Waals surface area contributed by atoms with Crippen LogP contribution in [-0.4, -0.2) is 41.6 Å². The van der Waals surface area contributed by atoms with Crippen LogP contribution in [0.1, 0.15) is 24.5 Å². The predicted molar refractivity (Wildman–Crippen MR) is 155 cm³/mol. The minimum Gasteiger partial charge on any atom is -0.491 e. The summed E-state index contributed by atoms with van der Waals surface area (Å²) in [6.45, 7) is 0.0385. The Morgan fingerprint density at radius 3 is 2.34 bits per heavy atom. The van der Waals surface area contributed by atoms with E-state index >= 15 is 0 Å². The van der Waals surface area contributed by atoms with Crippen LogP contribution in [0.15, 0.2) is 109 Å². The molecule has 0 aliphatic carbocycles. The van der Waals surface area contributed by atoms with Crippen LogP contribution in [0, 0.1) is 0 Å². The number of allylic oxidation sites excluding steroid dienone is 1. The maximum Gasteiger partial charge on any atom is 0.412 e. The minimum absolute atomic E-state index is 0.114. The number of hydrogen-bond donors (Lipinski definition) is 4. The summed E-state index contributed by atoms with van der Waals surface area (Å²) in [6, 6.07) is 29.5. The molecule has 9 nitrogen and oxygen atoms in total. The standard InChI is InChI=1S/C32H32N2O7/c35-21-22-39-25-19-17-24(18-20-25)31(41-32(37)33-28-14-8-10-23-9-4-5-13-27(23)28)29(15-6-7-16-30(36)34-38)40-26-11-2-1-3-12-26/h1-5,7-14,16-20,29,31,35,38H,6,15,21-22H2,(H,33,37)(H,34,36)/b16-7+/t29-,31-/m0/s1. The van der Waals surface area contributed by atoms with Gasteiger partial charge in [-0.25, -0.2) is 10.3 Å². The number of carbonyl (C=O) groups is 2. The summed E-state index contributed by atoms with van der Waals surface area (Å²) in [4.78, 5) is 24.8. The Hall–Kier alpha value is -4.86. The van der Waals surface area contributed by atoms with E-state index in [-0.39, 0.29) is 13.2 Å². The van der Waals surface area contributed by atoms with Crippen molar-refractivity contribution in [1.82, 2.24) is 5.48 Å². The van der Waals surface area contributed by atoms with Crippen molar-refractivity contribution in [2.24, 2.45) is 0 Å². The molecule has 4 rings (SSSR count). The van der Waals surface area contributed by atoms with Gasteiger partial charge in [-0.15, -0.1) is 0 Å². The highest BCUT2D eigenvalue weighted by Gasteiger charge is 2.29. The second kappa shape index (κ2) is 15.1. The summed E-state index contributed by atoms with van der Waals surface area (Å²) >= 11 is 0. The lowest BCUT2D eigenvalue weighted by molar-refractivity contribution is -0.124. The molecule has 0 aliphatic rings. The number of aliphatic hydroxyl groups excluding tert-OH is 1. The van der Waals surface area contributed by atoms with E-state index in [2.05, 4.69) is 5.32 Å². The molecule has 0 saturated heterocycles. The zero-order valence-electron chi connectivity index (χ0n) is 22.3. The van der Waals surface area contributed by atoms with Gasteiger partial charge in [0, 0.05) is 11.5 Å². The molecule has 41 heavy (non-hydrogen) atoms. The predicted octanol–water partition coefficient (Wildman–Crippen LogP) is 5.79. The number of fused-ring (bicyclic) bond motifs is 1. The van der Waals surface area contributed by atoms with Gasteiger partial charge in [0.25, 0.3) is 5.91 Å². The van der Waals surface area contributed by atoms with E-state index < -0.39 is 24.2 Å². The fourth-order valence-electron chi connectivity index (χ4n) is 4.30. The van der Waals surface area contributed by atoms with Gasteiger partial charge in [-0.3, -0.25) is 15.3 Å². The third-order valence-electron chi connectivity index (χ3n) is 6.19. The van der Waals surface area contributed by atoms with Crippen LogP contribution < -0.4 is 20.3 Å². The van der Waals surface area contributed by atoms with E-state index in [0.29, 0.717) is 35.6 Å². The van der Waals surface area contributed by atoms with Crippen molar-refractivity contribution < 1.29 is 34.1 Å². The molecule has 0 saturated carbocycles. The first-order valence-corrected chi connectivity index (χ1v) is 13.2. The number of carbonyl (C=O) groups excluding carboxylic acids is 2. The highest BCUT2D eigenvalue weighted by atomic mass is 16.6. The maximum atomic E-state index is 13.3. The quantitative estimate of drug-likeness (QED) is 0.0933. The Kier molecular flexibility index (Phi) is 10.7. The van der Waals surface area contributed by atoms with Crippen LogP contribution in [0.4, 0.5) is 10.5 Å². The van der Waals surface area contributed by atoms with Crippen molar-refractivity contribution in [3.05, 3.63) is 115 Å². The van der Waals surface area contributed by atoms with Crippen molar-refractivity contribution >= 4 is 28.5 Å². The molecule has 0 fully saturated rings. The Morgan fingerprint density at radius 2 is 1.59 bits per heavy atom. The Labute approximate surface area is 237 Å². The van der Waals surface area contributed by atoms with Crippen LogP contribution >= 0.6 is 0 Å². The van der Waals surface area contributed by atoms with E-state index in [1.807, 2.05) is 54.6 Å². The van der Waals surface area contributed by atoms with E-state index in [1.165, 1.54) is 6.08 Å². The SMILES string of the molecule is O=C(/C=C/CC[C@H](Oc1ccccc1)[C@@H](OC(=O)Nc1cccc2ccccc12)c1ccc(OCCO)cc1)NO. The summed E-state index contributed by atoms with van der Waals surface area (Å²) in [6.07, 6.45) is 1.43. The molecule has 0 aromatic heterocycles. The molecule has 0 bridgehead atoms. The summed E-state index contributed by atoms with van der Waals surface area (Å²) < 4.78 is 17.9. The summed E-state index contributed by atoms with van der Waals surface area (Å²) in [7, 11) is 0. The van der Waals surface area contributed by atoms with Crippen LogP contribution in [-0.2, 0) is 9.53 Å². The van der Waals surface area contributed by atoms with Crippen LogP contribution in [0.5, 0.6) is 11.5 Å². The van der Waals surface area contributed by atoms with Crippen molar-refractivity contribution in [3.63, 3.8) is 0 Å². The fraction of sp³-hybridized carbons (Fsp3) is 0.188. The number of rotatable bonds is 13. The molecule has 9 heteroatoms. The van der Waals surface area contributed by atoms with E-state index in [4.69, 9.17) is 24.5 Å². The molecular formula is C32H32N2O7. The minimum atomic E-state index is -0.850. The molecule has 0 radical (unpaired) electrons. The maximum absolute atomic E-state index is 13.3. The lowest BCUT2D eigenvalue weighted by Gasteiger charge is -2.28. The molecule has 212 valence electrons. The van der Waals surface area contributed by atoms with Gasteiger partial charge >= 0.3 is 6.09 Å². The number of aliphatic hydroxyl groups is 1. The van der Waals surface area contributed by atoms with E-state index in [9.17, 15) is 9.59 Å². The monoisotopic (exact) mass is 556 g/mol. The average molecular weight is 557 g/mol. The summed E-state index contributed by atoms with van der Waals surface area (Å²) in [5.41, 5.74) is 2.83. The second-order valence-corrected chi connectivity index (χ2v) is 9.04. The molecule has 0 unspecified atom stereocenters. The van der Waals surface area contributed by atoms with Gasteiger partial charge in [0.05, 0.1) is 12.3 Å². The number of hydrogen-bond acceptors (Lipinski definition) is 7. The van der Waals surface area contributed by atoms with E-state index in [0.717, 1.165) is 10.8 Å². The van der Waals surface area contributed by atoms with E-state index in [1.54, 1.807) is 54.0 Å². The molecule has 4 aromatic rings. The number of amides is 2. The summed E-state index contributed by atoms with van der Waals surface area (Å²) in [5.74, 6) is 0.493. The molecule has 2 atom stereocenters. The third kappa shape index (κ3) is 8.56. The van der Waals surface area contributed by atoms with Crippen LogP contribution in [0.25, 0.3) is 10.8 Å².